The summed E-state index contributed by atoms with van der Waals surface area (Å²) in [5.74, 6) is 0. The maximum Gasteiger partial charge on any atom is 0.0940 e. The molecule has 0 aromatic heterocycles. The first kappa shape index (κ1) is 12.9. The standard InChI is InChI=1S/C16H26OS/c1-2-16(10-14-8-9-15(16)18-14)12-17-11-13-6-4-3-5-7-13/h11,14-15H,2-10,12H2,1H3. The van der Waals surface area contributed by atoms with Crippen LogP contribution in [0.2, 0.25) is 0 Å². The van der Waals surface area contributed by atoms with Gasteiger partial charge in [0.2, 0.25) is 0 Å². The van der Waals surface area contributed by atoms with E-state index in [-0.39, 0.29) is 0 Å². The molecule has 0 N–H and O–H groups in total. The summed E-state index contributed by atoms with van der Waals surface area (Å²) in [7, 11) is 0. The van der Waals surface area contributed by atoms with E-state index in [2.05, 4.69) is 24.9 Å². The van der Waals surface area contributed by atoms with Crippen molar-refractivity contribution in [2.45, 2.75) is 75.2 Å². The van der Waals surface area contributed by atoms with E-state index in [1.54, 1.807) is 5.57 Å². The van der Waals surface area contributed by atoms with Gasteiger partial charge in [-0.05, 0) is 56.9 Å². The second kappa shape index (κ2) is 5.48. The highest BCUT2D eigenvalue weighted by atomic mass is 32.2. The molecule has 0 radical (unpaired) electrons. The zero-order valence-electron chi connectivity index (χ0n) is 11.6. The van der Waals surface area contributed by atoms with Gasteiger partial charge in [-0.3, -0.25) is 0 Å². The van der Waals surface area contributed by atoms with Crippen LogP contribution in [0.4, 0.5) is 0 Å². The summed E-state index contributed by atoms with van der Waals surface area (Å²) >= 11 is 2.25. The number of hydrogen-bond donors (Lipinski definition) is 0. The highest BCUT2D eigenvalue weighted by Gasteiger charge is 2.50. The van der Waals surface area contributed by atoms with Gasteiger partial charge in [0.25, 0.3) is 0 Å². The maximum atomic E-state index is 6.03. The van der Waals surface area contributed by atoms with E-state index in [9.17, 15) is 0 Å². The monoisotopic (exact) mass is 266 g/mol. The van der Waals surface area contributed by atoms with Crippen LogP contribution in [0.5, 0.6) is 0 Å². The molecule has 3 fully saturated rings. The van der Waals surface area contributed by atoms with E-state index in [4.69, 9.17) is 4.74 Å². The minimum absolute atomic E-state index is 0.499. The average molecular weight is 266 g/mol. The third kappa shape index (κ3) is 2.45. The summed E-state index contributed by atoms with van der Waals surface area (Å²) in [6.45, 7) is 3.33. The molecule has 3 aliphatic rings. The molecular formula is C16H26OS. The van der Waals surface area contributed by atoms with Crippen LogP contribution < -0.4 is 0 Å². The average Bonchev–Trinajstić information content (AvgIpc) is 3.01. The van der Waals surface area contributed by atoms with E-state index in [0.717, 1.165) is 17.1 Å². The lowest BCUT2D eigenvalue weighted by Crippen LogP contribution is -2.35. The van der Waals surface area contributed by atoms with Gasteiger partial charge >= 0.3 is 0 Å². The molecule has 2 saturated heterocycles. The van der Waals surface area contributed by atoms with Crippen molar-refractivity contribution in [2.75, 3.05) is 6.61 Å². The van der Waals surface area contributed by atoms with Crippen molar-refractivity contribution < 1.29 is 4.74 Å². The first-order valence-electron chi connectivity index (χ1n) is 7.77. The summed E-state index contributed by atoms with van der Waals surface area (Å²) in [6.07, 6.45) is 14.4. The molecule has 1 aliphatic carbocycles. The number of thioether (sulfide) groups is 1. The Morgan fingerprint density at radius 3 is 2.72 bits per heavy atom. The Balaban J connectivity index is 1.55. The van der Waals surface area contributed by atoms with Crippen molar-refractivity contribution in [2.24, 2.45) is 5.41 Å². The Labute approximate surface area is 116 Å². The molecule has 2 bridgehead atoms. The van der Waals surface area contributed by atoms with Crippen LogP contribution in [-0.4, -0.2) is 17.1 Å². The molecule has 3 unspecified atom stereocenters. The largest absolute Gasteiger partial charge is 0.501 e. The van der Waals surface area contributed by atoms with E-state index in [1.165, 1.54) is 57.8 Å². The van der Waals surface area contributed by atoms with Crippen molar-refractivity contribution >= 4 is 11.8 Å². The molecule has 0 amide bonds. The number of rotatable bonds is 4. The first-order valence-corrected chi connectivity index (χ1v) is 8.72. The Morgan fingerprint density at radius 2 is 2.11 bits per heavy atom. The fourth-order valence-electron chi connectivity index (χ4n) is 3.97. The molecule has 2 aliphatic heterocycles. The zero-order chi connectivity index (χ0) is 12.4. The predicted molar refractivity (Wildman–Crippen MR) is 78.9 cm³/mol. The number of allylic oxidation sites excluding steroid dienone is 1. The second-order valence-electron chi connectivity index (χ2n) is 6.39. The molecule has 1 nitrogen and oxygen atoms in total. The number of fused-ring (bicyclic) bond motifs is 2. The van der Waals surface area contributed by atoms with Gasteiger partial charge in [0.15, 0.2) is 0 Å². The molecule has 0 spiro atoms. The second-order valence-corrected chi connectivity index (χ2v) is 7.90. The lowest BCUT2D eigenvalue weighted by atomic mass is 9.73. The summed E-state index contributed by atoms with van der Waals surface area (Å²) in [5.41, 5.74) is 2.06. The smallest absolute Gasteiger partial charge is 0.0940 e. The van der Waals surface area contributed by atoms with Crippen LogP contribution in [0.3, 0.4) is 0 Å². The fraction of sp³-hybridized carbons (Fsp3) is 0.875. The lowest BCUT2D eigenvalue weighted by Gasteiger charge is -2.35. The Morgan fingerprint density at radius 1 is 1.28 bits per heavy atom. The van der Waals surface area contributed by atoms with Gasteiger partial charge in [-0.15, -0.1) is 0 Å². The molecule has 2 heteroatoms. The van der Waals surface area contributed by atoms with Crippen molar-refractivity contribution in [3.63, 3.8) is 0 Å². The number of ether oxygens (including phenoxy) is 1. The fourth-order valence-corrected chi connectivity index (χ4v) is 6.02. The van der Waals surface area contributed by atoms with Gasteiger partial charge < -0.3 is 4.74 Å². The Kier molecular flexibility index (Phi) is 3.93. The summed E-state index contributed by atoms with van der Waals surface area (Å²) < 4.78 is 6.03. The van der Waals surface area contributed by atoms with Crippen LogP contribution in [0, 0.1) is 5.41 Å². The third-order valence-electron chi connectivity index (χ3n) is 5.25. The van der Waals surface area contributed by atoms with Crippen LogP contribution in [0.15, 0.2) is 11.8 Å². The zero-order valence-corrected chi connectivity index (χ0v) is 12.4. The van der Waals surface area contributed by atoms with Crippen LogP contribution in [0.25, 0.3) is 0 Å². The Bertz CT molecular complexity index is 317. The van der Waals surface area contributed by atoms with Gasteiger partial charge in [-0.1, -0.05) is 13.3 Å². The minimum Gasteiger partial charge on any atom is -0.501 e. The van der Waals surface area contributed by atoms with E-state index in [0.29, 0.717) is 5.41 Å². The molecule has 1 saturated carbocycles. The van der Waals surface area contributed by atoms with Gasteiger partial charge in [0.1, 0.15) is 0 Å². The molecule has 2 heterocycles. The highest BCUT2D eigenvalue weighted by Crippen LogP contribution is 2.57. The topological polar surface area (TPSA) is 9.23 Å². The van der Waals surface area contributed by atoms with Crippen molar-refractivity contribution in [1.29, 1.82) is 0 Å². The van der Waals surface area contributed by atoms with Crippen LogP contribution in [-0.2, 0) is 4.74 Å². The maximum absolute atomic E-state index is 6.03. The van der Waals surface area contributed by atoms with Crippen molar-refractivity contribution in [1.82, 2.24) is 0 Å². The van der Waals surface area contributed by atoms with Crippen LogP contribution in [0.1, 0.15) is 64.7 Å². The summed E-state index contributed by atoms with van der Waals surface area (Å²) in [5, 5.41) is 1.83. The van der Waals surface area contributed by atoms with Gasteiger partial charge in [0.05, 0.1) is 12.9 Å². The molecular weight excluding hydrogens is 240 g/mol. The molecule has 18 heavy (non-hydrogen) atoms. The Hall–Kier alpha value is -0.110. The molecule has 0 aromatic rings. The highest BCUT2D eigenvalue weighted by molar-refractivity contribution is 8.01. The van der Waals surface area contributed by atoms with E-state index < -0.39 is 0 Å². The van der Waals surface area contributed by atoms with Crippen molar-refractivity contribution in [3.05, 3.63) is 11.8 Å². The number of hydrogen-bond acceptors (Lipinski definition) is 2. The van der Waals surface area contributed by atoms with E-state index in [1.807, 2.05) is 0 Å². The lowest BCUT2D eigenvalue weighted by molar-refractivity contribution is 0.0837. The molecule has 102 valence electrons. The van der Waals surface area contributed by atoms with E-state index >= 15 is 0 Å². The molecule has 3 atom stereocenters. The molecule has 0 aromatic carbocycles. The quantitative estimate of drug-likeness (QED) is 0.668. The van der Waals surface area contributed by atoms with Gasteiger partial charge in [-0.2, -0.15) is 11.8 Å². The van der Waals surface area contributed by atoms with Gasteiger partial charge in [-0.25, -0.2) is 0 Å². The minimum atomic E-state index is 0.499. The molecule has 3 rings (SSSR count). The SMILES string of the molecule is CCC1(COC=C2CCCCC2)CC2CCC1S2. The third-order valence-corrected chi connectivity index (χ3v) is 7.10. The first-order chi connectivity index (χ1) is 8.82. The normalized spacial score (nSPS) is 39.1. The van der Waals surface area contributed by atoms with Gasteiger partial charge in [0, 0.05) is 15.9 Å². The van der Waals surface area contributed by atoms with Crippen molar-refractivity contribution in [3.8, 4) is 0 Å². The summed E-state index contributed by atoms with van der Waals surface area (Å²) in [4.78, 5) is 0. The van der Waals surface area contributed by atoms with Crippen LogP contribution >= 0.6 is 11.8 Å². The summed E-state index contributed by atoms with van der Waals surface area (Å²) in [6, 6.07) is 0. The predicted octanol–water partition coefficient (Wildman–Crippen LogP) is 4.92.